The molecule has 7 heteroatoms. The Morgan fingerprint density at radius 1 is 1.07 bits per heavy atom. The molecule has 3 rings (SSSR count). The third kappa shape index (κ3) is 4.72. The molecule has 0 radical (unpaired) electrons. The summed E-state index contributed by atoms with van der Waals surface area (Å²) in [4.78, 5) is 32.4. The number of halogens is 1. The first kappa shape index (κ1) is 18.2. The maximum atomic E-state index is 13.6. The molecule has 3 aromatic rings. The first-order chi connectivity index (χ1) is 13.0. The van der Waals surface area contributed by atoms with Gasteiger partial charge in [0.25, 0.3) is 5.91 Å². The Morgan fingerprint density at radius 2 is 1.89 bits per heavy atom. The Labute approximate surface area is 155 Å². The van der Waals surface area contributed by atoms with Crippen molar-refractivity contribution in [3.63, 3.8) is 0 Å². The second-order valence-corrected chi connectivity index (χ2v) is 5.78. The molecule has 0 bridgehead atoms. The highest BCUT2D eigenvalue weighted by Crippen LogP contribution is 2.20. The number of carbonyl (C=O) groups excluding carboxylic acids is 2. The van der Waals surface area contributed by atoms with Crippen LogP contribution in [-0.4, -0.2) is 28.3 Å². The fourth-order valence-electron chi connectivity index (χ4n) is 2.48. The predicted molar refractivity (Wildman–Crippen MR) is 99.6 cm³/mol. The Morgan fingerprint density at radius 3 is 2.67 bits per heavy atom. The van der Waals surface area contributed by atoms with E-state index < -0.39 is 17.6 Å². The van der Waals surface area contributed by atoms with E-state index in [0.29, 0.717) is 11.5 Å². The Kier molecular flexibility index (Phi) is 5.51. The molecule has 6 nitrogen and oxygen atoms in total. The van der Waals surface area contributed by atoms with Gasteiger partial charge in [-0.3, -0.25) is 9.59 Å². The summed E-state index contributed by atoms with van der Waals surface area (Å²) in [5.74, 6) is -1.05. The van der Waals surface area contributed by atoms with Crippen LogP contribution >= 0.6 is 0 Å². The molecule has 0 saturated heterocycles. The van der Waals surface area contributed by atoms with Crippen molar-refractivity contribution >= 4 is 17.5 Å². The van der Waals surface area contributed by atoms with Crippen molar-refractivity contribution in [1.29, 1.82) is 0 Å². The summed E-state index contributed by atoms with van der Waals surface area (Å²) in [5, 5.41) is 5.10. The van der Waals surface area contributed by atoms with E-state index in [0.717, 1.165) is 11.3 Å². The van der Waals surface area contributed by atoms with Gasteiger partial charge in [-0.25, -0.2) is 14.4 Å². The van der Waals surface area contributed by atoms with Gasteiger partial charge in [-0.1, -0.05) is 24.3 Å². The quantitative estimate of drug-likeness (QED) is 0.729. The van der Waals surface area contributed by atoms with Crippen LogP contribution in [0.5, 0.6) is 0 Å². The minimum Gasteiger partial charge on any atom is -0.343 e. The van der Waals surface area contributed by atoms with Crippen molar-refractivity contribution in [3.8, 4) is 11.3 Å². The maximum Gasteiger partial charge on any atom is 0.254 e. The largest absolute Gasteiger partial charge is 0.343 e. The molecule has 136 valence electrons. The summed E-state index contributed by atoms with van der Waals surface area (Å²) in [6, 6.07) is 14.5. The predicted octanol–water partition coefficient (Wildman–Crippen LogP) is 2.96. The van der Waals surface area contributed by atoms with Gasteiger partial charge in [0.15, 0.2) is 0 Å². The lowest BCUT2D eigenvalue weighted by Gasteiger charge is -2.09. The van der Waals surface area contributed by atoms with Crippen LogP contribution in [0.25, 0.3) is 11.3 Å². The molecule has 1 heterocycles. The number of aryl methyl sites for hydroxylation is 1. The van der Waals surface area contributed by atoms with Crippen LogP contribution in [0.1, 0.15) is 16.2 Å². The zero-order chi connectivity index (χ0) is 19.2. The van der Waals surface area contributed by atoms with Crippen molar-refractivity contribution in [3.05, 3.63) is 78.0 Å². The molecule has 2 amide bonds. The van der Waals surface area contributed by atoms with Gasteiger partial charge in [0.1, 0.15) is 11.6 Å². The van der Waals surface area contributed by atoms with Crippen LogP contribution in [0, 0.1) is 12.7 Å². The molecule has 0 aliphatic rings. The van der Waals surface area contributed by atoms with Crippen LogP contribution in [0.3, 0.4) is 0 Å². The van der Waals surface area contributed by atoms with Crippen molar-refractivity contribution in [2.75, 3.05) is 11.9 Å². The Balaban J connectivity index is 1.62. The fourth-order valence-corrected chi connectivity index (χ4v) is 2.48. The van der Waals surface area contributed by atoms with E-state index in [1.807, 2.05) is 6.07 Å². The van der Waals surface area contributed by atoms with Gasteiger partial charge in [0.05, 0.1) is 17.8 Å². The zero-order valence-electron chi connectivity index (χ0n) is 14.6. The molecule has 0 unspecified atom stereocenters. The Bertz CT molecular complexity index is 991. The molecule has 2 aromatic carbocycles. The molecule has 0 saturated carbocycles. The minimum atomic E-state index is -0.645. The molecule has 1 aromatic heterocycles. The number of carbonyl (C=O) groups is 2. The van der Waals surface area contributed by atoms with Crippen molar-refractivity contribution in [1.82, 2.24) is 15.3 Å². The maximum absolute atomic E-state index is 13.6. The number of aromatic nitrogens is 2. The van der Waals surface area contributed by atoms with Gasteiger partial charge in [-0.05, 0) is 37.3 Å². The molecule has 0 aliphatic heterocycles. The molecule has 27 heavy (non-hydrogen) atoms. The molecule has 0 atom stereocenters. The number of anilines is 1. The third-order valence-electron chi connectivity index (χ3n) is 3.75. The summed E-state index contributed by atoms with van der Waals surface area (Å²) in [7, 11) is 0. The number of rotatable bonds is 5. The number of benzene rings is 2. The second kappa shape index (κ2) is 8.18. The molecule has 0 fully saturated rings. The smallest absolute Gasteiger partial charge is 0.254 e. The molecule has 0 spiro atoms. The lowest BCUT2D eigenvalue weighted by Crippen LogP contribution is -2.33. The van der Waals surface area contributed by atoms with Gasteiger partial charge in [0, 0.05) is 17.4 Å². The van der Waals surface area contributed by atoms with E-state index in [4.69, 9.17) is 0 Å². The lowest BCUT2D eigenvalue weighted by molar-refractivity contribution is -0.115. The van der Waals surface area contributed by atoms with E-state index in [-0.39, 0.29) is 12.1 Å². The van der Waals surface area contributed by atoms with Gasteiger partial charge in [-0.15, -0.1) is 0 Å². The average molecular weight is 364 g/mol. The van der Waals surface area contributed by atoms with E-state index in [1.54, 1.807) is 43.5 Å². The van der Waals surface area contributed by atoms with Crippen LogP contribution in [-0.2, 0) is 4.79 Å². The lowest BCUT2D eigenvalue weighted by atomic mass is 10.1. The van der Waals surface area contributed by atoms with Crippen molar-refractivity contribution in [2.45, 2.75) is 6.92 Å². The topological polar surface area (TPSA) is 84.0 Å². The summed E-state index contributed by atoms with van der Waals surface area (Å²) >= 11 is 0. The van der Waals surface area contributed by atoms with Crippen molar-refractivity contribution in [2.24, 2.45) is 0 Å². The summed E-state index contributed by atoms with van der Waals surface area (Å²) < 4.78 is 13.6. The van der Waals surface area contributed by atoms with E-state index in [9.17, 15) is 14.0 Å². The van der Waals surface area contributed by atoms with Crippen LogP contribution in [0.4, 0.5) is 10.1 Å². The van der Waals surface area contributed by atoms with Crippen LogP contribution in [0.15, 0.2) is 60.8 Å². The van der Waals surface area contributed by atoms with Crippen molar-refractivity contribution < 1.29 is 14.0 Å². The number of nitrogens with one attached hydrogen (secondary N) is 2. The van der Waals surface area contributed by atoms with Gasteiger partial charge >= 0.3 is 0 Å². The van der Waals surface area contributed by atoms with Crippen LogP contribution < -0.4 is 10.6 Å². The number of hydrogen-bond acceptors (Lipinski definition) is 4. The van der Waals surface area contributed by atoms with Crippen LogP contribution in [0.2, 0.25) is 0 Å². The van der Waals surface area contributed by atoms with Gasteiger partial charge in [-0.2, -0.15) is 0 Å². The number of hydrogen-bond donors (Lipinski definition) is 2. The number of nitrogens with zero attached hydrogens (tertiary/aromatic N) is 2. The highest BCUT2D eigenvalue weighted by Gasteiger charge is 2.12. The molecular weight excluding hydrogens is 347 g/mol. The molecule has 0 aliphatic carbocycles. The summed E-state index contributed by atoms with van der Waals surface area (Å²) in [6.07, 6.45) is 1.67. The normalized spacial score (nSPS) is 10.3. The third-order valence-corrected chi connectivity index (χ3v) is 3.75. The fraction of sp³-hybridized carbons (Fsp3) is 0.100. The first-order valence-corrected chi connectivity index (χ1v) is 8.25. The molecule has 2 N–H and O–H groups in total. The van der Waals surface area contributed by atoms with E-state index >= 15 is 0 Å². The number of amides is 2. The van der Waals surface area contributed by atoms with E-state index in [1.165, 1.54) is 18.2 Å². The zero-order valence-corrected chi connectivity index (χ0v) is 14.6. The van der Waals surface area contributed by atoms with Gasteiger partial charge in [0.2, 0.25) is 5.91 Å². The monoisotopic (exact) mass is 364 g/mol. The summed E-state index contributed by atoms with van der Waals surface area (Å²) in [6.45, 7) is 1.53. The van der Waals surface area contributed by atoms with E-state index in [2.05, 4.69) is 20.6 Å². The average Bonchev–Trinajstić information content (AvgIpc) is 2.67. The highest BCUT2D eigenvalue weighted by atomic mass is 19.1. The highest BCUT2D eigenvalue weighted by molar-refractivity contribution is 5.99. The molecular formula is C20H17FN4O2. The SMILES string of the molecule is Cc1nccc(-c2cccc(NC(=O)CNC(=O)c3ccccc3F)c2)n1. The first-order valence-electron chi connectivity index (χ1n) is 8.25. The summed E-state index contributed by atoms with van der Waals surface area (Å²) in [5.41, 5.74) is 2.03. The standard InChI is InChI=1S/C20H17FN4O2/c1-13-22-10-9-18(24-13)14-5-4-6-15(11-14)25-19(26)12-23-20(27)16-7-2-3-8-17(16)21/h2-11H,12H2,1H3,(H,23,27)(H,25,26). The van der Waals surface area contributed by atoms with Gasteiger partial charge < -0.3 is 10.6 Å². The minimum absolute atomic E-state index is 0.105. The Hall–Kier alpha value is -3.61. The second-order valence-electron chi connectivity index (χ2n) is 5.78.